The average molecular weight is 181 g/mol. The van der Waals surface area contributed by atoms with Crippen LogP contribution in [0.5, 0.6) is 11.5 Å². The van der Waals surface area contributed by atoms with E-state index >= 15 is 0 Å². The third-order valence-corrected chi connectivity index (χ3v) is 1.23. The molecule has 0 fully saturated rings. The molecule has 68 valence electrons. The summed E-state index contributed by atoms with van der Waals surface area (Å²) >= 11 is 0. The highest BCUT2D eigenvalue weighted by Gasteiger charge is 2.05. The van der Waals surface area contributed by atoms with Crippen LogP contribution in [0.1, 0.15) is 0 Å². The molecule has 0 bridgehead atoms. The highest BCUT2D eigenvalue weighted by atomic mass is 16.6. The fourth-order valence-electron chi connectivity index (χ4n) is 0.792. The molecule has 0 aromatic heterocycles. The number of benzene rings is 1. The SMILES string of the molecule is NC(=O)Oc1ccccc1OC=O. The number of nitrogens with two attached hydrogens (primary N) is 1. The van der Waals surface area contributed by atoms with Crippen molar-refractivity contribution in [1.29, 1.82) is 0 Å². The van der Waals surface area contributed by atoms with Crippen molar-refractivity contribution in [3.05, 3.63) is 24.3 Å². The van der Waals surface area contributed by atoms with Gasteiger partial charge in [0.25, 0.3) is 6.47 Å². The van der Waals surface area contributed by atoms with Gasteiger partial charge in [0.2, 0.25) is 0 Å². The van der Waals surface area contributed by atoms with Crippen molar-refractivity contribution in [2.24, 2.45) is 5.73 Å². The van der Waals surface area contributed by atoms with E-state index in [1.165, 1.54) is 12.1 Å². The van der Waals surface area contributed by atoms with Crippen LogP contribution in [0.25, 0.3) is 0 Å². The van der Waals surface area contributed by atoms with E-state index in [4.69, 9.17) is 5.73 Å². The Bertz CT molecular complexity index is 324. The monoisotopic (exact) mass is 181 g/mol. The molecule has 0 aliphatic carbocycles. The van der Waals surface area contributed by atoms with E-state index in [1.54, 1.807) is 12.1 Å². The van der Waals surface area contributed by atoms with Crippen molar-refractivity contribution >= 4 is 12.6 Å². The van der Waals surface area contributed by atoms with Crippen LogP contribution in [0.15, 0.2) is 24.3 Å². The Morgan fingerprint density at radius 2 is 1.92 bits per heavy atom. The summed E-state index contributed by atoms with van der Waals surface area (Å²) in [5, 5.41) is 0. The van der Waals surface area contributed by atoms with E-state index in [1.807, 2.05) is 0 Å². The maximum Gasteiger partial charge on any atom is 0.410 e. The zero-order valence-electron chi connectivity index (χ0n) is 6.60. The Hall–Kier alpha value is -2.04. The van der Waals surface area contributed by atoms with Gasteiger partial charge in [0.15, 0.2) is 11.5 Å². The van der Waals surface area contributed by atoms with Crippen LogP contribution in [0.2, 0.25) is 0 Å². The third-order valence-electron chi connectivity index (χ3n) is 1.23. The van der Waals surface area contributed by atoms with Crippen molar-refractivity contribution in [3.8, 4) is 11.5 Å². The lowest BCUT2D eigenvalue weighted by Crippen LogP contribution is -2.16. The standard InChI is InChI=1S/C8H7NO4/c9-8(11)13-7-4-2-1-3-6(7)12-5-10/h1-5H,(H2,9,11). The van der Waals surface area contributed by atoms with E-state index in [2.05, 4.69) is 9.47 Å². The molecular weight excluding hydrogens is 174 g/mol. The molecular formula is C8H7NO4. The number of carbonyl (C=O) groups is 2. The third kappa shape index (κ3) is 2.48. The fourth-order valence-corrected chi connectivity index (χ4v) is 0.792. The van der Waals surface area contributed by atoms with Crippen LogP contribution in [0.4, 0.5) is 4.79 Å². The number of hydrogen-bond donors (Lipinski definition) is 1. The second-order valence-corrected chi connectivity index (χ2v) is 2.08. The second kappa shape index (κ2) is 4.10. The first kappa shape index (κ1) is 9.05. The molecule has 5 heteroatoms. The predicted molar refractivity (Wildman–Crippen MR) is 43.3 cm³/mol. The molecule has 0 radical (unpaired) electrons. The molecule has 0 spiro atoms. The molecule has 1 rings (SSSR count). The summed E-state index contributed by atoms with van der Waals surface area (Å²) in [5.41, 5.74) is 4.78. The first-order valence-electron chi connectivity index (χ1n) is 3.40. The molecule has 0 aliphatic rings. The first-order chi connectivity index (χ1) is 6.24. The molecule has 0 saturated carbocycles. The van der Waals surface area contributed by atoms with Crippen molar-refractivity contribution in [2.45, 2.75) is 0 Å². The summed E-state index contributed by atoms with van der Waals surface area (Å²) in [4.78, 5) is 20.4. The summed E-state index contributed by atoms with van der Waals surface area (Å²) in [7, 11) is 0. The number of para-hydroxylation sites is 2. The molecule has 0 saturated heterocycles. The summed E-state index contributed by atoms with van der Waals surface area (Å²) in [5.74, 6) is 0.262. The summed E-state index contributed by atoms with van der Waals surface area (Å²) in [6.07, 6.45) is -0.957. The van der Waals surface area contributed by atoms with Crippen LogP contribution >= 0.6 is 0 Å². The molecule has 0 heterocycles. The van der Waals surface area contributed by atoms with Gasteiger partial charge in [-0.25, -0.2) is 4.79 Å². The zero-order chi connectivity index (χ0) is 9.68. The predicted octanol–water partition coefficient (Wildman–Crippen LogP) is 0.679. The number of rotatable bonds is 3. The Balaban J connectivity index is 2.90. The molecule has 1 aromatic rings. The van der Waals surface area contributed by atoms with Crippen LogP contribution in [-0.4, -0.2) is 12.6 Å². The number of carbonyl (C=O) groups excluding carboxylic acids is 2. The minimum atomic E-state index is -0.957. The van der Waals surface area contributed by atoms with Gasteiger partial charge in [-0.15, -0.1) is 0 Å². The van der Waals surface area contributed by atoms with Gasteiger partial charge in [-0.05, 0) is 12.1 Å². The van der Waals surface area contributed by atoms with Gasteiger partial charge in [0.1, 0.15) is 0 Å². The van der Waals surface area contributed by atoms with Gasteiger partial charge in [-0.2, -0.15) is 0 Å². The first-order valence-corrected chi connectivity index (χ1v) is 3.40. The zero-order valence-corrected chi connectivity index (χ0v) is 6.60. The molecule has 1 amide bonds. The van der Waals surface area contributed by atoms with Gasteiger partial charge < -0.3 is 15.2 Å². The molecule has 5 nitrogen and oxygen atoms in total. The van der Waals surface area contributed by atoms with Crippen LogP contribution in [0.3, 0.4) is 0 Å². The minimum absolute atomic E-state index is 0.113. The fraction of sp³-hybridized carbons (Fsp3) is 0. The van der Waals surface area contributed by atoms with Crippen LogP contribution < -0.4 is 15.2 Å². The van der Waals surface area contributed by atoms with Gasteiger partial charge in [-0.3, -0.25) is 4.79 Å². The lowest BCUT2D eigenvalue weighted by Gasteiger charge is -2.04. The quantitative estimate of drug-likeness (QED) is 0.695. The van der Waals surface area contributed by atoms with Gasteiger partial charge >= 0.3 is 6.09 Å². The minimum Gasteiger partial charge on any atom is -0.425 e. The topological polar surface area (TPSA) is 78.6 Å². The Morgan fingerprint density at radius 1 is 1.31 bits per heavy atom. The van der Waals surface area contributed by atoms with Gasteiger partial charge in [0.05, 0.1) is 0 Å². The molecule has 0 aliphatic heterocycles. The van der Waals surface area contributed by atoms with E-state index < -0.39 is 6.09 Å². The largest absolute Gasteiger partial charge is 0.425 e. The van der Waals surface area contributed by atoms with E-state index in [0.29, 0.717) is 0 Å². The maximum absolute atomic E-state index is 10.4. The highest BCUT2D eigenvalue weighted by Crippen LogP contribution is 2.25. The highest BCUT2D eigenvalue weighted by molar-refractivity contribution is 5.69. The van der Waals surface area contributed by atoms with E-state index in [-0.39, 0.29) is 18.0 Å². The van der Waals surface area contributed by atoms with Gasteiger partial charge in [0, 0.05) is 0 Å². The molecule has 2 N–H and O–H groups in total. The van der Waals surface area contributed by atoms with Crippen molar-refractivity contribution in [3.63, 3.8) is 0 Å². The lowest BCUT2D eigenvalue weighted by atomic mass is 10.3. The van der Waals surface area contributed by atoms with Crippen molar-refractivity contribution in [2.75, 3.05) is 0 Å². The molecule has 13 heavy (non-hydrogen) atoms. The van der Waals surface area contributed by atoms with Crippen LogP contribution in [0, 0.1) is 0 Å². The van der Waals surface area contributed by atoms with Crippen LogP contribution in [-0.2, 0) is 4.79 Å². The molecule has 0 atom stereocenters. The average Bonchev–Trinajstić information content (AvgIpc) is 2.08. The Morgan fingerprint density at radius 3 is 2.46 bits per heavy atom. The lowest BCUT2D eigenvalue weighted by molar-refractivity contribution is -0.120. The summed E-state index contributed by atoms with van der Waals surface area (Å²) in [6.45, 7) is 0.239. The number of primary amides is 1. The number of ether oxygens (including phenoxy) is 2. The smallest absolute Gasteiger partial charge is 0.410 e. The van der Waals surface area contributed by atoms with E-state index in [0.717, 1.165) is 0 Å². The maximum atomic E-state index is 10.4. The number of amides is 1. The van der Waals surface area contributed by atoms with Gasteiger partial charge in [-0.1, -0.05) is 12.1 Å². The molecule has 1 aromatic carbocycles. The summed E-state index contributed by atoms with van der Waals surface area (Å²) in [6, 6.07) is 6.19. The normalized spacial score (nSPS) is 8.92. The second-order valence-electron chi connectivity index (χ2n) is 2.08. The van der Waals surface area contributed by atoms with Crippen molar-refractivity contribution in [1.82, 2.24) is 0 Å². The van der Waals surface area contributed by atoms with E-state index in [9.17, 15) is 9.59 Å². The molecule has 0 unspecified atom stereocenters. The van der Waals surface area contributed by atoms with Crippen molar-refractivity contribution < 1.29 is 19.1 Å². The Kier molecular flexibility index (Phi) is 2.86. The number of hydrogen-bond acceptors (Lipinski definition) is 4. The Labute approximate surface area is 74.1 Å². The summed E-state index contributed by atoms with van der Waals surface area (Å²) < 4.78 is 9.08.